The van der Waals surface area contributed by atoms with Crippen molar-refractivity contribution < 1.29 is 8.42 Å². The molecular formula is C14H17N3O2S2. The minimum atomic E-state index is -3.71. The third-order valence-electron chi connectivity index (χ3n) is 3.79. The van der Waals surface area contributed by atoms with E-state index in [1.807, 2.05) is 13.0 Å². The van der Waals surface area contributed by atoms with E-state index in [0.29, 0.717) is 10.7 Å². The van der Waals surface area contributed by atoms with E-state index in [1.165, 1.54) is 16.2 Å². The Morgan fingerprint density at radius 1 is 1.29 bits per heavy atom. The van der Waals surface area contributed by atoms with Crippen LogP contribution in [-0.4, -0.2) is 13.4 Å². The Morgan fingerprint density at radius 3 is 2.76 bits per heavy atom. The molecule has 0 saturated heterocycles. The number of thiazole rings is 1. The van der Waals surface area contributed by atoms with Crippen LogP contribution >= 0.6 is 11.3 Å². The summed E-state index contributed by atoms with van der Waals surface area (Å²) in [6.45, 7) is 3.63. The van der Waals surface area contributed by atoms with Gasteiger partial charge in [-0.3, -0.25) is 4.72 Å². The lowest BCUT2D eigenvalue weighted by Gasteiger charge is -2.12. The van der Waals surface area contributed by atoms with Crippen molar-refractivity contribution >= 4 is 32.2 Å². The van der Waals surface area contributed by atoms with Crippen LogP contribution in [0.25, 0.3) is 0 Å². The molecule has 0 saturated carbocycles. The molecule has 0 radical (unpaired) electrons. The van der Waals surface area contributed by atoms with Gasteiger partial charge in [0, 0.05) is 4.88 Å². The summed E-state index contributed by atoms with van der Waals surface area (Å²) >= 11 is 1.42. The topological polar surface area (TPSA) is 85.1 Å². The van der Waals surface area contributed by atoms with Crippen LogP contribution in [0.3, 0.4) is 0 Å². The van der Waals surface area contributed by atoms with Crippen molar-refractivity contribution in [3.05, 3.63) is 33.8 Å². The van der Waals surface area contributed by atoms with Crippen molar-refractivity contribution in [3.8, 4) is 0 Å². The maximum Gasteiger partial charge on any atom is 0.265 e. The van der Waals surface area contributed by atoms with Gasteiger partial charge in [0.2, 0.25) is 0 Å². The minimum absolute atomic E-state index is 0.151. The number of anilines is 2. The molecule has 0 bridgehead atoms. The Bertz CT molecular complexity index is 788. The largest absolute Gasteiger partial charge is 0.398 e. The lowest BCUT2D eigenvalue weighted by Crippen LogP contribution is -2.16. The van der Waals surface area contributed by atoms with Crippen molar-refractivity contribution in [2.45, 2.75) is 38.0 Å². The van der Waals surface area contributed by atoms with E-state index in [9.17, 15) is 8.42 Å². The van der Waals surface area contributed by atoms with E-state index in [2.05, 4.69) is 9.71 Å². The Hall–Kier alpha value is -1.60. The number of rotatable bonds is 3. The van der Waals surface area contributed by atoms with Gasteiger partial charge >= 0.3 is 0 Å². The Balaban J connectivity index is 1.99. The highest BCUT2D eigenvalue weighted by molar-refractivity contribution is 7.93. The van der Waals surface area contributed by atoms with Crippen LogP contribution in [0.1, 0.15) is 28.1 Å². The second-order valence-electron chi connectivity index (χ2n) is 5.27. The van der Waals surface area contributed by atoms with Crippen molar-refractivity contribution in [3.63, 3.8) is 0 Å². The molecule has 3 N–H and O–H groups in total. The molecule has 1 heterocycles. The molecule has 21 heavy (non-hydrogen) atoms. The predicted molar refractivity (Wildman–Crippen MR) is 85.3 cm³/mol. The van der Waals surface area contributed by atoms with Gasteiger partial charge in [0.1, 0.15) is 4.90 Å². The summed E-state index contributed by atoms with van der Waals surface area (Å²) in [4.78, 5) is 5.70. The fraction of sp³-hybridized carbons (Fsp3) is 0.357. The summed E-state index contributed by atoms with van der Waals surface area (Å²) in [6, 6.07) is 3.44. The molecular weight excluding hydrogens is 306 g/mol. The van der Waals surface area contributed by atoms with E-state index >= 15 is 0 Å². The second-order valence-corrected chi connectivity index (χ2v) is 7.98. The van der Waals surface area contributed by atoms with Crippen LogP contribution < -0.4 is 10.5 Å². The summed E-state index contributed by atoms with van der Waals surface area (Å²) in [5.41, 5.74) is 8.71. The molecule has 3 rings (SSSR count). The van der Waals surface area contributed by atoms with Gasteiger partial charge in [0.05, 0.1) is 11.4 Å². The van der Waals surface area contributed by atoms with Crippen LogP contribution in [0.5, 0.6) is 0 Å². The first kappa shape index (κ1) is 14.3. The summed E-state index contributed by atoms with van der Waals surface area (Å²) in [6.07, 6.45) is 3.02. The van der Waals surface area contributed by atoms with Crippen LogP contribution in [0, 0.1) is 13.8 Å². The number of benzene rings is 1. The highest BCUT2D eigenvalue weighted by atomic mass is 32.2. The molecule has 0 spiro atoms. The van der Waals surface area contributed by atoms with E-state index < -0.39 is 10.0 Å². The number of hydrogen-bond acceptors (Lipinski definition) is 5. The monoisotopic (exact) mass is 323 g/mol. The Morgan fingerprint density at radius 2 is 2.05 bits per heavy atom. The number of sulfonamides is 1. The molecule has 0 unspecified atom stereocenters. The highest BCUT2D eigenvalue weighted by Gasteiger charge is 2.24. The average Bonchev–Trinajstić information content (AvgIpc) is 2.94. The normalized spacial score (nSPS) is 14.2. The Labute approximate surface area is 128 Å². The van der Waals surface area contributed by atoms with Crippen LogP contribution in [-0.2, 0) is 22.9 Å². The number of nitrogens with one attached hydrogen (secondary N) is 1. The zero-order chi connectivity index (χ0) is 15.2. The standard InChI is InChI=1S/C14H17N3O2S2/c1-8-6-7-10(15)13(9(8)2)21(18,19)17-14-16-11-4-3-5-12(11)20-14/h6-7H,3-5,15H2,1-2H3,(H,16,17). The molecule has 0 aliphatic heterocycles. The molecule has 1 aliphatic rings. The molecule has 0 fully saturated rings. The van der Waals surface area contributed by atoms with Crippen molar-refractivity contribution in [1.29, 1.82) is 0 Å². The van der Waals surface area contributed by atoms with Crippen molar-refractivity contribution in [2.24, 2.45) is 0 Å². The number of aromatic nitrogens is 1. The third kappa shape index (κ3) is 2.51. The minimum Gasteiger partial charge on any atom is -0.398 e. The summed E-state index contributed by atoms with van der Waals surface area (Å²) < 4.78 is 27.8. The molecule has 2 aromatic rings. The first-order valence-electron chi connectivity index (χ1n) is 6.75. The quantitative estimate of drug-likeness (QED) is 0.850. The predicted octanol–water partition coefficient (Wildman–Crippen LogP) is 2.63. The average molecular weight is 323 g/mol. The van der Waals surface area contributed by atoms with Crippen LogP contribution in [0.4, 0.5) is 10.8 Å². The Kier molecular flexibility index (Phi) is 3.41. The molecule has 7 heteroatoms. The zero-order valence-electron chi connectivity index (χ0n) is 11.9. The molecule has 1 aromatic carbocycles. The number of nitrogens with zero attached hydrogens (tertiary/aromatic N) is 1. The molecule has 112 valence electrons. The number of fused-ring (bicyclic) bond motifs is 1. The molecule has 1 aromatic heterocycles. The fourth-order valence-electron chi connectivity index (χ4n) is 2.57. The van der Waals surface area contributed by atoms with Gasteiger partial charge in [0.25, 0.3) is 10.0 Å². The van der Waals surface area contributed by atoms with Crippen LogP contribution in [0.15, 0.2) is 17.0 Å². The zero-order valence-corrected chi connectivity index (χ0v) is 13.6. The molecule has 1 aliphatic carbocycles. The molecule has 0 atom stereocenters. The van der Waals surface area contributed by atoms with E-state index in [1.54, 1.807) is 13.0 Å². The van der Waals surface area contributed by atoms with Crippen molar-refractivity contribution in [2.75, 3.05) is 10.5 Å². The highest BCUT2D eigenvalue weighted by Crippen LogP contribution is 2.33. The third-order valence-corrected chi connectivity index (χ3v) is 6.54. The lowest BCUT2D eigenvalue weighted by atomic mass is 10.1. The van der Waals surface area contributed by atoms with Gasteiger partial charge in [-0.25, -0.2) is 13.4 Å². The van der Waals surface area contributed by atoms with Gasteiger partial charge in [-0.2, -0.15) is 0 Å². The number of nitrogens with two attached hydrogens (primary N) is 1. The number of nitrogen functional groups attached to an aromatic ring is 1. The van der Waals surface area contributed by atoms with E-state index in [0.717, 1.165) is 30.5 Å². The van der Waals surface area contributed by atoms with E-state index in [-0.39, 0.29) is 10.6 Å². The smallest absolute Gasteiger partial charge is 0.265 e. The first-order chi connectivity index (χ1) is 9.88. The van der Waals surface area contributed by atoms with Gasteiger partial charge < -0.3 is 5.73 Å². The SMILES string of the molecule is Cc1ccc(N)c(S(=O)(=O)Nc2nc3c(s2)CCC3)c1C. The summed E-state index contributed by atoms with van der Waals surface area (Å²) in [5.74, 6) is 0. The lowest BCUT2D eigenvalue weighted by molar-refractivity contribution is 0.601. The van der Waals surface area contributed by atoms with Gasteiger partial charge in [0.15, 0.2) is 5.13 Å². The van der Waals surface area contributed by atoms with Gasteiger partial charge in [-0.1, -0.05) is 6.07 Å². The maximum atomic E-state index is 12.6. The maximum absolute atomic E-state index is 12.6. The first-order valence-corrected chi connectivity index (χ1v) is 9.05. The summed E-state index contributed by atoms with van der Waals surface area (Å²) in [5, 5.41) is 0.431. The summed E-state index contributed by atoms with van der Waals surface area (Å²) in [7, 11) is -3.71. The van der Waals surface area contributed by atoms with Gasteiger partial charge in [-0.05, 0) is 50.3 Å². The van der Waals surface area contributed by atoms with Gasteiger partial charge in [-0.15, -0.1) is 11.3 Å². The molecule has 0 amide bonds. The van der Waals surface area contributed by atoms with Crippen molar-refractivity contribution in [1.82, 2.24) is 4.98 Å². The molecule has 5 nitrogen and oxygen atoms in total. The fourth-order valence-corrected chi connectivity index (χ4v) is 5.28. The number of hydrogen-bond donors (Lipinski definition) is 2. The second kappa shape index (κ2) is 4.99. The van der Waals surface area contributed by atoms with E-state index in [4.69, 9.17) is 5.73 Å². The van der Waals surface area contributed by atoms with Crippen LogP contribution in [0.2, 0.25) is 0 Å². The number of aryl methyl sites for hydroxylation is 3.